The number of hydrogen-bond acceptors (Lipinski definition) is 3. The van der Waals surface area contributed by atoms with E-state index in [0.29, 0.717) is 17.1 Å². The first-order chi connectivity index (χ1) is 18.4. The predicted octanol–water partition coefficient (Wildman–Crippen LogP) is 5.75. The highest BCUT2D eigenvalue weighted by atomic mass is 19.1. The van der Waals surface area contributed by atoms with E-state index < -0.39 is 23.7 Å². The standard InChI is InChI=1S/C31H28FN3O3/c32-26-5-1-2-6-27(26)34-11-3-4-24(34)15-25-28(36)33-30(38)35(29(25)37)23-9-7-22(8-10-23)31-16-19-12-20(17-31)14-21(13-19)18-31/h1-11,15,19-21H,12-14,16-18H2,(H,33,36,38)/b25-15-. The van der Waals surface area contributed by atoms with E-state index in [0.717, 1.165) is 22.7 Å². The summed E-state index contributed by atoms with van der Waals surface area (Å²) >= 11 is 0. The monoisotopic (exact) mass is 509 g/mol. The SMILES string of the molecule is O=C1NC(=O)N(c2ccc(C34CC5CC(CC(C5)C3)C4)cc2)C(=O)/C1=C\c1cccn1-c1ccccc1F. The molecule has 6 nitrogen and oxygen atoms in total. The normalized spacial score (nSPS) is 29.3. The van der Waals surface area contributed by atoms with Gasteiger partial charge < -0.3 is 4.57 Å². The summed E-state index contributed by atoms with van der Waals surface area (Å²) in [5, 5.41) is 2.29. The summed E-state index contributed by atoms with van der Waals surface area (Å²) in [6.07, 6.45) is 10.8. The van der Waals surface area contributed by atoms with Crippen molar-refractivity contribution in [3.8, 4) is 5.69 Å². The number of aromatic nitrogens is 1. The second-order valence-corrected chi connectivity index (χ2v) is 11.5. The highest BCUT2D eigenvalue weighted by molar-refractivity contribution is 6.39. The Hall–Kier alpha value is -4.00. The van der Waals surface area contributed by atoms with Gasteiger partial charge in [0.05, 0.1) is 11.4 Å². The molecule has 1 saturated heterocycles. The van der Waals surface area contributed by atoms with E-state index >= 15 is 0 Å². The Morgan fingerprint density at radius 1 is 0.842 bits per heavy atom. The molecule has 192 valence electrons. The van der Waals surface area contributed by atoms with E-state index in [1.807, 2.05) is 12.1 Å². The first-order valence-electron chi connectivity index (χ1n) is 13.3. The van der Waals surface area contributed by atoms with Gasteiger partial charge in [0.15, 0.2) is 0 Å². The summed E-state index contributed by atoms with van der Waals surface area (Å²) in [6.45, 7) is 0. The summed E-state index contributed by atoms with van der Waals surface area (Å²) < 4.78 is 16.0. The molecule has 5 aliphatic rings. The number of carbonyl (C=O) groups excluding carboxylic acids is 3. The molecular formula is C31H28FN3O3. The lowest BCUT2D eigenvalue weighted by molar-refractivity contribution is -0.122. The predicted molar refractivity (Wildman–Crippen MR) is 141 cm³/mol. The molecule has 4 saturated carbocycles. The number of carbonyl (C=O) groups is 3. The minimum Gasteiger partial charge on any atom is -0.314 e. The van der Waals surface area contributed by atoms with Crippen LogP contribution < -0.4 is 10.2 Å². The maximum absolute atomic E-state index is 14.4. The summed E-state index contributed by atoms with van der Waals surface area (Å²) in [6, 6.07) is 16.6. The van der Waals surface area contributed by atoms with Gasteiger partial charge in [0, 0.05) is 11.9 Å². The summed E-state index contributed by atoms with van der Waals surface area (Å²) in [5.74, 6) is 0.538. The Morgan fingerprint density at radius 2 is 1.50 bits per heavy atom. The van der Waals surface area contributed by atoms with Crippen molar-refractivity contribution in [2.24, 2.45) is 17.8 Å². The van der Waals surface area contributed by atoms with Gasteiger partial charge in [-0.15, -0.1) is 0 Å². The number of halogens is 1. The van der Waals surface area contributed by atoms with Gasteiger partial charge in [0.2, 0.25) is 0 Å². The van der Waals surface area contributed by atoms with Gasteiger partial charge in [-0.25, -0.2) is 14.1 Å². The smallest absolute Gasteiger partial charge is 0.314 e. The van der Waals surface area contributed by atoms with Crippen LogP contribution >= 0.6 is 0 Å². The molecular weight excluding hydrogens is 481 g/mol. The zero-order valence-corrected chi connectivity index (χ0v) is 20.9. The molecule has 4 amide bonds. The molecule has 1 aliphatic heterocycles. The second kappa shape index (κ2) is 8.51. The lowest BCUT2D eigenvalue weighted by Gasteiger charge is -2.57. The molecule has 2 heterocycles. The fourth-order valence-electron chi connectivity index (χ4n) is 7.85. The average Bonchev–Trinajstić information content (AvgIpc) is 3.34. The third kappa shape index (κ3) is 3.63. The van der Waals surface area contributed by atoms with Crippen molar-refractivity contribution >= 4 is 29.6 Å². The Balaban J connectivity index is 1.19. The van der Waals surface area contributed by atoms with Gasteiger partial charge in [-0.3, -0.25) is 14.9 Å². The number of hydrogen-bond donors (Lipinski definition) is 1. The van der Waals surface area contributed by atoms with Crippen LogP contribution in [0.15, 0.2) is 72.4 Å². The van der Waals surface area contributed by atoms with E-state index in [4.69, 9.17) is 0 Å². The van der Waals surface area contributed by atoms with Crippen molar-refractivity contribution in [2.75, 3.05) is 4.90 Å². The second-order valence-electron chi connectivity index (χ2n) is 11.5. The van der Waals surface area contributed by atoms with Gasteiger partial charge in [-0.1, -0.05) is 24.3 Å². The molecule has 0 radical (unpaired) electrons. The number of amides is 4. The zero-order chi connectivity index (χ0) is 26.0. The van der Waals surface area contributed by atoms with Crippen molar-refractivity contribution in [3.63, 3.8) is 0 Å². The van der Waals surface area contributed by atoms with E-state index in [2.05, 4.69) is 17.4 Å². The van der Waals surface area contributed by atoms with Crippen LogP contribution in [0.5, 0.6) is 0 Å². The molecule has 8 rings (SSSR count). The highest BCUT2D eigenvalue weighted by Crippen LogP contribution is 2.60. The van der Waals surface area contributed by atoms with Crippen LogP contribution in [0.1, 0.15) is 49.8 Å². The molecule has 3 aromatic rings. The van der Waals surface area contributed by atoms with E-state index in [1.165, 1.54) is 56.2 Å². The molecule has 1 aromatic heterocycles. The molecule has 0 unspecified atom stereocenters. The summed E-state index contributed by atoms with van der Waals surface area (Å²) in [5.41, 5.74) is 2.47. The average molecular weight is 510 g/mol. The minimum absolute atomic E-state index is 0.189. The van der Waals surface area contributed by atoms with Gasteiger partial charge >= 0.3 is 6.03 Å². The number of benzene rings is 2. The van der Waals surface area contributed by atoms with E-state index in [-0.39, 0.29) is 11.0 Å². The Kier molecular flexibility index (Phi) is 5.18. The van der Waals surface area contributed by atoms with Gasteiger partial charge in [-0.2, -0.15) is 0 Å². The lowest BCUT2D eigenvalue weighted by Crippen LogP contribution is -2.54. The highest BCUT2D eigenvalue weighted by Gasteiger charge is 2.51. The molecule has 4 aliphatic carbocycles. The van der Waals surface area contributed by atoms with Crippen LogP contribution in [0, 0.1) is 23.6 Å². The third-order valence-corrected chi connectivity index (χ3v) is 9.06. The fourth-order valence-corrected chi connectivity index (χ4v) is 7.85. The first kappa shape index (κ1) is 23.1. The lowest BCUT2D eigenvalue weighted by atomic mass is 9.48. The van der Waals surface area contributed by atoms with Crippen LogP contribution in [0.3, 0.4) is 0 Å². The molecule has 1 N–H and O–H groups in total. The minimum atomic E-state index is -0.775. The van der Waals surface area contributed by atoms with Gasteiger partial charge in [0.25, 0.3) is 11.8 Å². The van der Waals surface area contributed by atoms with Crippen LogP contribution in [-0.4, -0.2) is 22.4 Å². The van der Waals surface area contributed by atoms with Crippen molar-refractivity contribution in [2.45, 2.75) is 43.9 Å². The number of imide groups is 2. The number of anilines is 1. The summed E-state index contributed by atoms with van der Waals surface area (Å²) in [7, 11) is 0. The van der Waals surface area contributed by atoms with Crippen LogP contribution in [-0.2, 0) is 15.0 Å². The largest absolute Gasteiger partial charge is 0.335 e. The quantitative estimate of drug-likeness (QED) is 0.360. The number of barbiturate groups is 1. The summed E-state index contributed by atoms with van der Waals surface area (Å²) in [4.78, 5) is 40.0. The number of rotatable bonds is 4. The van der Waals surface area contributed by atoms with Crippen LogP contribution in [0.4, 0.5) is 14.9 Å². The Labute approximate surface area is 220 Å². The van der Waals surface area contributed by atoms with Crippen molar-refractivity contribution in [1.29, 1.82) is 0 Å². The molecule has 2 aromatic carbocycles. The molecule has 7 heteroatoms. The Morgan fingerprint density at radius 3 is 2.16 bits per heavy atom. The van der Waals surface area contributed by atoms with Crippen molar-refractivity contribution < 1.29 is 18.8 Å². The number of nitrogens with one attached hydrogen (secondary N) is 1. The third-order valence-electron chi connectivity index (χ3n) is 9.06. The molecule has 38 heavy (non-hydrogen) atoms. The number of para-hydroxylation sites is 1. The molecule has 0 spiro atoms. The number of nitrogens with zero attached hydrogens (tertiary/aromatic N) is 2. The molecule has 4 bridgehead atoms. The van der Waals surface area contributed by atoms with E-state index in [1.54, 1.807) is 41.1 Å². The van der Waals surface area contributed by atoms with Gasteiger partial charge in [0.1, 0.15) is 11.4 Å². The zero-order valence-electron chi connectivity index (χ0n) is 20.9. The Bertz CT molecular complexity index is 1470. The maximum atomic E-state index is 14.4. The van der Waals surface area contributed by atoms with E-state index in [9.17, 15) is 18.8 Å². The van der Waals surface area contributed by atoms with Crippen molar-refractivity contribution in [1.82, 2.24) is 9.88 Å². The van der Waals surface area contributed by atoms with Crippen molar-refractivity contribution in [3.05, 3.63) is 89.5 Å². The molecule has 0 atom stereocenters. The fraction of sp³-hybridized carbons (Fsp3) is 0.323. The van der Waals surface area contributed by atoms with Crippen LogP contribution in [0.25, 0.3) is 11.8 Å². The van der Waals surface area contributed by atoms with Crippen LogP contribution in [0.2, 0.25) is 0 Å². The maximum Gasteiger partial charge on any atom is 0.335 e. The number of urea groups is 1. The molecule has 5 fully saturated rings. The van der Waals surface area contributed by atoms with Gasteiger partial charge in [-0.05, 0) is 110 Å². The topological polar surface area (TPSA) is 71.4 Å². The first-order valence-corrected chi connectivity index (χ1v) is 13.3.